The van der Waals surface area contributed by atoms with E-state index in [9.17, 15) is 9.59 Å². The van der Waals surface area contributed by atoms with Crippen molar-refractivity contribution in [2.24, 2.45) is 0 Å². The number of nitrogens with zero attached hydrogens (tertiary/aromatic N) is 2. The summed E-state index contributed by atoms with van der Waals surface area (Å²) in [5.74, 6) is -0.337. The summed E-state index contributed by atoms with van der Waals surface area (Å²) in [6, 6.07) is 18.9. The van der Waals surface area contributed by atoms with Crippen LogP contribution in [0.5, 0.6) is 0 Å². The number of anilines is 1. The number of amides is 2. The molecule has 0 radical (unpaired) electrons. The van der Waals surface area contributed by atoms with Crippen molar-refractivity contribution >= 4 is 33.4 Å². The lowest BCUT2D eigenvalue weighted by Gasteiger charge is -2.21. The minimum Gasteiger partial charge on any atom is -0.352 e. The van der Waals surface area contributed by atoms with Gasteiger partial charge in [-0.2, -0.15) is 5.26 Å². The van der Waals surface area contributed by atoms with Gasteiger partial charge in [0, 0.05) is 36.1 Å². The van der Waals surface area contributed by atoms with Crippen molar-refractivity contribution in [2.75, 3.05) is 11.4 Å². The van der Waals surface area contributed by atoms with Gasteiger partial charge in [-0.15, -0.1) is 0 Å². The molecular weight excluding hydrogens is 394 g/mol. The molecule has 2 rings (SSSR count). The van der Waals surface area contributed by atoms with Gasteiger partial charge in [0.1, 0.15) is 0 Å². The van der Waals surface area contributed by atoms with E-state index in [1.165, 1.54) is 0 Å². The lowest BCUT2D eigenvalue weighted by molar-refractivity contribution is -0.125. The number of hydrogen-bond acceptors (Lipinski definition) is 3. The van der Waals surface area contributed by atoms with Crippen LogP contribution in [-0.2, 0) is 16.1 Å². The molecule has 6 heteroatoms. The van der Waals surface area contributed by atoms with Crippen molar-refractivity contribution < 1.29 is 9.59 Å². The Kier molecular flexibility index (Phi) is 7.84. The van der Waals surface area contributed by atoms with Gasteiger partial charge in [-0.05, 0) is 29.8 Å². The molecule has 5 nitrogen and oxygen atoms in total. The molecule has 0 aromatic heterocycles. The third-order valence-corrected chi connectivity index (χ3v) is 4.25. The number of carbonyl (C=O) groups excluding carboxylic acids is 2. The summed E-state index contributed by atoms with van der Waals surface area (Å²) >= 11 is 3.39. The molecule has 0 fully saturated rings. The van der Waals surface area contributed by atoms with Gasteiger partial charge in [-0.3, -0.25) is 9.59 Å². The molecular formula is C20H20BrN3O2. The molecule has 0 unspecified atom stereocenters. The van der Waals surface area contributed by atoms with Gasteiger partial charge < -0.3 is 10.2 Å². The maximum Gasteiger partial charge on any atom is 0.227 e. The lowest BCUT2D eigenvalue weighted by atomic mass is 10.2. The predicted octanol–water partition coefficient (Wildman–Crippen LogP) is 3.79. The van der Waals surface area contributed by atoms with Crippen LogP contribution in [0.3, 0.4) is 0 Å². The van der Waals surface area contributed by atoms with E-state index >= 15 is 0 Å². The van der Waals surface area contributed by atoms with Crippen LogP contribution < -0.4 is 10.2 Å². The summed E-state index contributed by atoms with van der Waals surface area (Å²) in [5, 5.41) is 11.6. The highest BCUT2D eigenvalue weighted by atomic mass is 79.9. The SMILES string of the molecule is N#CCCN(C(=O)CCC(=O)NCc1cccc(Br)c1)c1ccccc1. The van der Waals surface area contributed by atoms with E-state index in [1.807, 2.05) is 54.6 Å². The molecule has 1 N–H and O–H groups in total. The molecule has 0 bridgehead atoms. The first-order chi connectivity index (χ1) is 12.6. The largest absolute Gasteiger partial charge is 0.352 e. The summed E-state index contributed by atoms with van der Waals surface area (Å²) in [6.07, 6.45) is 0.461. The van der Waals surface area contributed by atoms with Gasteiger partial charge >= 0.3 is 0 Å². The first-order valence-corrected chi connectivity index (χ1v) is 9.13. The van der Waals surface area contributed by atoms with Crippen molar-refractivity contribution in [3.8, 4) is 6.07 Å². The summed E-state index contributed by atoms with van der Waals surface area (Å²) in [7, 11) is 0. The van der Waals surface area contributed by atoms with Gasteiger partial charge in [0.05, 0.1) is 12.5 Å². The molecule has 134 valence electrons. The zero-order valence-corrected chi connectivity index (χ0v) is 15.9. The summed E-state index contributed by atoms with van der Waals surface area (Å²) < 4.78 is 0.954. The lowest BCUT2D eigenvalue weighted by Crippen LogP contribution is -2.33. The number of rotatable bonds is 8. The fourth-order valence-electron chi connectivity index (χ4n) is 2.46. The summed E-state index contributed by atoms with van der Waals surface area (Å²) in [6.45, 7) is 0.738. The number of carbonyl (C=O) groups is 2. The molecule has 2 aromatic rings. The molecule has 0 saturated carbocycles. The molecule has 0 spiro atoms. The van der Waals surface area contributed by atoms with Crippen molar-refractivity contribution in [3.63, 3.8) is 0 Å². The van der Waals surface area contributed by atoms with E-state index < -0.39 is 0 Å². The van der Waals surface area contributed by atoms with Gasteiger partial charge in [0.25, 0.3) is 0 Å². The predicted molar refractivity (Wildman–Crippen MR) is 104 cm³/mol. The van der Waals surface area contributed by atoms with Gasteiger partial charge in [-0.25, -0.2) is 0 Å². The van der Waals surface area contributed by atoms with Crippen LogP contribution in [0.15, 0.2) is 59.1 Å². The first-order valence-electron chi connectivity index (χ1n) is 8.33. The van der Waals surface area contributed by atoms with Crippen molar-refractivity contribution in [3.05, 3.63) is 64.6 Å². The number of nitrogens with one attached hydrogen (secondary N) is 1. The Morgan fingerprint density at radius 3 is 2.54 bits per heavy atom. The third kappa shape index (κ3) is 6.34. The number of para-hydroxylation sites is 1. The average Bonchev–Trinajstić information content (AvgIpc) is 2.66. The summed E-state index contributed by atoms with van der Waals surface area (Å²) in [4.78, 5) is 26.1. The Morgan fingerprint density at radius 2 is 1.85 bits per heavy atom. The standard InChI is InChI=1S/C20H20BrN3O2/c21-17-7-4-6-16(14-17)15-23-19(25)10-11-20(26)24(13-5-12-22)18-8-2-1-3-9-18/h1-4,6-9,14H,5,10-11,13,15H2,(H,23,25). The Hall–Kier alpha value is -2.65. The number of benzene rings is 2. The highest BCUT2D eigenvalue weighted by Gasteiger charge is 2.16. The second-order valence-electron chi connectivity index (χ2n) is 5.70. The van der Waals surface area contributed by atoms with Crippen molar-refractivity contribution in [1.29, 1.82) is 5.26 Å². The van der Waals surface area contributed by atoms with Gasteiger partial charge in [0.2, 0.25) is 11.8 Å². The molecule has 0 aliphatic heterocycles. The quantitative estimate of drug-likeness (QED) is 0.714. The molecule has 2 aromatic carbocycles. The monoisotopic (exact) mass is 413 g/mol. The van der Waals surface area contributed by atoms with Crippen molar-refractivity contribution in [1.82, 2.24) is 5.32 Å². The zero-order valence-electron chi connectivity index (χ0n) is 14.3. The Balaban J connectivity index is 1.86. The maximum absolute atomic E-state index is 12.5. The van der Waals surface area contributed by atoms with Crippen LogP contribution in [0.4, 0.5) is 5.69 Å². The highest BCUT2D eigenvalue weighted by Crippen LogP contribution is 2.16. The average molecular weight is 414 g/mol. The Morgan fingerprint density at radius 1 is 1.08 bits per heavy atom. The molecule has 0 heterocycles. The zero-order chi connectivity index (χ0) is 18.8. The van der Waals surface area contributed by atoms with Crippen LogP contribution in [0.2, 0.25) is 0 Å². The molecule has 26 heavy (non-hydrogen) atoms. The van der Waals surface area contributed by atoms with Crippen LogP contribution >= 0.6 is 15.9 Å². The topological polar surface area (TPSA) is 73.2 Å². The fraction of sp³-hybridized carbons (Fsp3) is 0.250. The van der Waals surface area contributed by atoms with E-state index in [-0.39, 0.29) is 31.1 Å². The van der Waals surface area contributed by atoms with Crippen molar-refractivity contribution in [2.45, 2.75) is 25.8 Å². The van der Waals surface area contributed by atoms with Gasteiger partial charge in [-0.1, -0.05) is 46.3 Å². The molecule has 0 atom stereocenters. The van der Waals surface area contributed by atoms with Crippen LogP contribution in [0.1, 0.15) is 24.8 Å². The molecule has 0 saturated heterocycles. The summed E-state index contributed by atoms with van der Waals surface area (Å²) in [5.41, 5.74) is 1.72. The van der Waals surface area contributed by atoms with E-state index in [0.717, 1.165) is 15.7 Å². The van der Waals surface area contributed by atoms with Gasteiger partial charge in [0.15, 0.2) is 0 Å². The van der Waals surface area contributed by atoms with Crippen LogP contribution in [-0.4, -0.2) is 18.4 Å². The number of nitriles is 1. The normalized spacial score (nSPS) is 10.0. The second kappa shape index (κ2) is 10.4. The number of halogens is 1. The minimum absolute atomic E-state index is 0.102. The van der Waals surface area contributed by atoms with Crippen LogP contribution in [0, 0.1) is 11.3 Å². The van der Waals surface area contributed by atoms with Crippen LogP contribution in [0.25, 0.3) is 0 Å². The molecule has 0 aliphatic rings. The third-order valence-electron chi connectivity index (χ3n) is 3.76. The Bertz CT molecular complexity index is 787. The molecule has 0 aliphatic carbocycles. The maximum atomic E-state index is 12.5. The second-order valence-corrected chi connectivity index (χ2v) is 6.61. The first kappa shape index (κ1) is 19.7. The highest BCUT2D eigenvalue weighted by molar-refractivity contribution is 9.10. The minimum atomic E-state index is -0.174. The number of hydrogen-bond donors (Lipinski definition) is 1. The Labute approximate surface area is 161 Å². The van der Waals surface area contributed by atoms with E-state index in [2.05, 4.69) is 27.3 Å². The van der Waals surface area contributed by atoms with E-state index in [1.54, 1.807) is 4.90 Å². The van der Waals surface area contributed by atoms with E-state index in [0.29, 0.717) is 13.1 Å². The van der Waals surface area contributed by atoms with E-state index in [4.69, 9.17) is 5.26 Å². The molecule has 2 amide bonds. The smallest absolute Gasteiger partial charge is 0.227 e. The fourth-order valence-corrected chi connectivity index (χ4v) is 2.91.